The van der Waals surface area contributed by atoms with Gasteiger partial charge in [0.15, 0.2) is 0 Å². The Morgan fingerprint density at radius 2 is 1.93 bits per heavy atom. The van der Waals surface area contributed by atoms with Crippen LogP contribution in [-0.2, 0) is 24.4 Å². The minimum absolute atomic E-state index is 0.0453. The number of pyridine rings is 1. The fraction of sp³-hybridized carbons (Fsp3) is 0.219. The maximum atomic E-state index is 11.4. The molecule has 4 aromatic rings. The van der Waals surface area contributed by atoms with Gasteiger partial charge in [-0.3, -0.25) is 15.1 Å². The number of aliphatic hydroxyl groups is 1. The molecule has 1 aromatic heterocycles. The third-order valence-corrected chi connectivity index (χ3v) is 7.80. The second-order valence-corrected chi connectivity index (χ2v) is 10.8. The molecule has 0 spiro atoms. The Morgan fingerprint density at radius 3 is 2.70 bits per heavy atom. The lowest BCUT2D eigenvalue weighted by atomic mass is 9.96. The Hall–Kier alpha value is -4.33. The van der Waals surface area contributed by atoms with Crippen LogP contribution in [-0.4, -0.2) is 38.9 Å². The Morgan fingerprint density at radius 1 is 1.09 bits per heavy atom. The number of phenols is 1. The van der Waals surface area contributed by atoms with Crippen molar-refractivity contribution in [3.05, 3.63) is 105 Å². The first-order valence-corrected chi connectivity index (χ1v) is 14.2. The van der Waals surface area contributed by atoms with Crippen molar-refractivity contribution in [2.24, 2.45) is 0 Å². The molecule has 1 heterocycles. The number of carbonyl (C=O) groups is 1. The zero-order valence-electron chi connectivity index (χ0n) is 22.8. The molecule has 4 N–H and O–H groups in total. The number of carboxylic acid groups (broad SMARTS) is 1. The first kappa shape index (κ1) is 30.1. The van der Waals surface area contributed by atoms with Gasteiger partial charge in [0.25, 0.3) is 0 Å². The van der Waals surface area contributed by atoms with Crippen molar-refractivity contribution in [3.8, 4) is 34.4 Å². The van der Waals surface area contributed by atoms with Crippen LogP contribution in [0.2, 0.25) is 10.0 Å². The van der Waals surface area contributed by atoms with Crippen LogP contribution in [0.4, 0.5) is 0 Å². The molecule has 220 valence electrons. The van der Waals surface area contributed by atoms with E-state index in [0.717, 1.165) is 28.7 Å². The predicted molar refractivity (Wildman–Crippen MR) is 160 cm³/mol. The van der Waals surface area contributed by atoms with E-state index in [9.17, 15) is 25.4 Å². The molecule has 0 radical (unpaired) electrons. The highest BCUT2D eigenvalue weighted by Gasteiger charge is 2.28. The van der Waals surface area contributed by atoms with E-state index in [4.69, 9.17) is 32.7 Å². The van der Waals surface area contributed by atoms with E-state index < -0.39 is 18.6 Å². The number of aromatic nitrogens is 1. The number of rotatable bonds is 11. The van der Waals surface area contributed by atoms with Crippen LogP contribution < -0.4 is 14.8 Å². The zero-order chi connectivity index (χ0) is 30.5. The Balaban J connectivity index is 1.44. The first-order chi connectivity index (χ1) is 20.8. The summed E-state index contributed by atoms with van der Waals surface area (Å²) in [5.41, 5.74) is 5.32. The summed E-state index contributed by atoms with van der Waals surface area (Å²) < 4.78 is 12.5. The summed E-state index contributed by atoms with van der Waals surface area (Å²) in [5.74, 6) is -0.308. The van der Waals surface area contributed by atoms with Crippen LogP contribution in [0.1, 0.15) is 40.3 Å². The lowest BCUT2D eigenvalue weighted by Crippen LogP contribution is -2.39. The van der Waals surface area contributed by atoms with E-state index in [1.54, 1.807) is 42.6 Å². The molecule has 0 amide bonds. The summed E-state index contributed by atoms with van der Waals surface area (Å²) in [6.07, 6.45) is 4.13. The summed E-state index contributed by atoms with van der Waals surface area (Å²) in [6, 6.07) is 16.6. The quantitative estimate of drug-likeness (QED) is 0.163. The molecule has 0 bridgehead atoms. The van der Waals surface area contributed by atoms with Gasteiger partial charge in [-0.25, -0.2) is 0 Å². The normalized spacial score (nSPS) is 14.5. The van der Waals surface area contributed by atoms with Crippen molar-refractivity contribution in [1.82, 2.24) is 10.3 Å². The highest BCUT2D eigenvalue weighted by atomic mass is 35.5. The minimum atomic E-state index is -1.19. The first-order valence-electron chi connectivity index (χ1n) is 13.4. The van der Waals surface area contributed by atoms with Gasteiger partial charge in [-0.15, -0.1) is 0 Å². The molecule has 43 heavy (non-hydrogen) atoms. The number of nitrogens with one attached hydrogen (secondary N) is 1. The van der Waals surface area contributed by atoms with Crippen molar-refractivity contribution >= 4 is 29.2 Å². The van der Waals surface area contributed by atoms with Gasteiger partial charge in [-0.2, -0.15) is 5.26 Å². The predicted octanol–water partition coefficient (Wildman–Crippen LogP) is 5.81. The van der Waals surface area contributed by atoms with E-state index in [2.05, 4.69) is 10.3 Å². The van der Waals surface area contributed by atoms with Gasteiger partial charge in [-0.05, 0) is 59.9 Å². The lowest BCUT2D eigenvalue weighted by Gasteiger charge is -2.20. The molecule has 1 aliphatic rings. The van der Waals surface area contributed by atoms with Crippen molar-refractivity contribution in [2.45, 2.75) is 38.1 Å². The lowest BCUT2D eigenvalue weighted by molar-refractivity contribution is -0.140. The van der Waals surface area contributed by atoms with E-state index in [1.165, 1.54) is 6.20 Å². The number of nitrogens with zero attached hydrogens (tertiary/aromatic N) is 2. The van der Waals surface area contributed by atoms with E-state index in [0.29, 0.717) is 44.7 Å². The van der Waals surface area contributed by atoms with Gasteiger partial charge >= 0.3 is 5.97 Å². The largest absolute Gasteiger partial charge is 0.508 e. The van der Waals surface area contributed by atoms with Gasteiger partial charge < -0.3 is 24.8 Å². The number of fused-ring (bicyclic) bond motifs is 1. The van der Waals surface area contributed by atoms with Crippen LogP contribution in [0.25, 0.3) is 11.1 Å². The van der Waals surface area contributed by atoms with Crippen LogP contribution >= 0.6 is 23.2 Å². The van der Waals surface area contributed by atoms with E-state index in [1.807, 2.05) is 24.3 Å². The molecule has 5 rings (SSSR count). The topological polar surface area (TPSA) is 145 Å². The maximum Gasteiger partial charge on any atom is 0.323 e. The molecule has 1 aliphatic carbocycles. The number of aliphatic hydroxyl groups excluding tert-OH is 1. The fourth-order valence-corrected chi connectivity index (χ4v) is 5.50. The van der Waals surface area contributed by atoms with Gasteiger partial charge in [0.1, 0.15) is 42.1 Å². The summed E-state index contributed by atoms with van der Waals surface area (Å²) in [5, 5.41) is 41.6. The molecule has 0 saturated carbocycles. The molecule has 1 unspecified atom stereocenters. The van der Waals surface area contributed by atoms with E-state index in [-0.39, 0.29) is 25.0 Å². The average molecular weight is 620 g/mol. The summed E-state index contributed by atoms with van der Waals surface area (Å²) in [6.45, 7) is -0.465. The third kappa shape index (κ3) is 6.85. The molecule has 0 saturated heterocycles. The zero-order valence-corrected chi connectivity index (χ0v) is 24.3. The number of hydrogen-bond donors (Lipinski definition) is 4. The summed E-state index contributed by atoms with van der Waals surface area (Å²) in [4.78, 5) is 15.5. The number of hydrogen-bond acceptors (Lipinski definition) is 8. The van der Waals surface area contributed by atoms with Gasteiger partial charge in [0.05, 0.1) is 17.2 Å². The number of aliphatic carboxylic acids is 1. The number of benzene rings is 3. The number of carboxylic acids is 1. The van der Waals surface area contributed by atoms with Gasteiger partial charge in [0, 0.05) is 46.7 Å². The number of aromatic hydroxyl groups is 1. The highest BCUT2D eigenvalue weighted by Crippen LogP contribution is 2.44. The highest BCUT2D eigenvalue weighted by molar-refractivity contribution is 6.33. The minimum Gasteiger partial charge on any atom is -0.508 e. The molecule has 0 fully saturated rings. The van der Waals surface area contributed by atoms with Crippen LogP contribution in [0.3, 0.4) is 0 Å². The smallest absolute Gasteiger partial charge is 0.323 e. The third-order valence-electron chi connectivity index (χ3n) is 7.18. The average Bonchev–Trinajstić information content (AvgIpc) is 3.42. The molecule has 2 atom stereocenters. The molecule has 0 aliphatic heterocycles. The number of ether oxygens (including phenoxy) is 2. The maximum absolute atomic E-state index is 11.4. The second-order valence-electron chi connectivity index (χ2n) is 10.0. The molecule has 11 heteroatoms. The Bertz CT molecular complexity index is 1710. The molecular weight excluding hydrogens is 593 g/mol. The number of nitriles is 1. The number of halogens is 2. The Labute approximate surface area is 257 Å². The van der Waals surface area contributed by atoms with Crippen LogP contribution in [0.5, 0.6) is 17.2 Å². The van der Waals surface area contributed by atoms with Crippen molar-refractivity contribution < 1.29 is 29.6 Å². The van der Waals surface area contributed by atoms with E-state index >= 15 is 0 Å². The van der Waals surface area contributed by atoms with Crippen molar-refractivity contribution in [2.75, 3.05) is 6.61 Å². The second kappa shape index (κ2) is 13.3. The molecule has 9 nitrogen and oxygen atoms in total. The monoisotopic (exact) mass is 619 g/mol. The summed E-state index contributed by atoms with van der Waals surface area (Å²) in [7, 11) is 0. The molecular formula is C32H27Cl2N3O6. The van der Waals surface area contributed by atoms with Crippen LogP contribution in [0.15, 0.2) is 67.0 Å². The van der Waals surface area contributed by atoms with Crippen molar-refractivity contribution in [3.63, 3.8) is 0 Å². The van der Waals surface area contributed by atoms with Gasteiger partial charge in [-0.1, -0.05) is 41.4 Å². The van der Waals surface area contributed by atoms with Crippen molar-refractivity contribution in [1.29, 1.82) is 5.26 Å². The molecule has 3 aromatic carbocycles. The summed E-state index contributed by atoms with van der Waals surface area (Å²) >= 11 is 13.1. The van der Waals surface area contributed by atoms with Crippen LogP contribution in [0, 0.1) is 11.3 Å². The Kier molecular flexibility index (Phi) is 9.34. The van der Waals surface area contributed by atoms with Gasteiger partial charge in [0.2, 0.25) is 0 Å². The fourth-order valence-electron chi connectivity index (χ4n) is 5.05. The SMILES string of the molecule is N#Cc1cncc(COc2cc(O[C@H]3CCc4c(-c5cc(O)ccc5Cl)cccc43)c(Cl)cc2CNC(CO)C(=O)O)c1. The number of phenolic OH excluding ortho intramolecular Hbond substituents is 1. The standard InChI is InChI=1S/C32H27Cl2N3O6/c33-26-6-4-21(39)10-25(26)22-2-1-3-24-23(22)5-7-29(24)43-31-11-30(42-17-19-8-18(12-35)13-36-14-19)20(9-27(31)34)15-37-28(16-38)32(40)41/h1-4,6,8-11,13-14,28-29,37-39H,5,7,15-17H2,(H,40,41)/t28?,29-/m0/s1.